The van der Waals surface area contributed by atoms with E-state index >= 15 is 0 Å². The van der Waals surface area contributed by atoms with Crippen LogP contribution in [0.4, 0.5) is 11.4 Å². The van der Waals surface area contributed by atoms with Crippen LogP contribution in [0.25, 0.3) is 0 Å². The molecule has 1 fully saturated rings. The summed E-state index contributed by atoms with van der Waals surface area (Å²) in [6, 6.07) is 14.0. The van der Waals surface area contributed by atoms with Crippen LogP contribution in [0.2, 0.25) is 0 Å². The fourth-order valence-electron chi connectivity index (χ4n) is 3.17. The van der Waals surface area contributed by atoms with Crippen LogP contribution in [-0.2, 0) is 19.1 Å². The Labute approximate surface area is 174 Å². The van der Waals surface area contributed by atoms with Gasteiger partial charge in [-0.3, -0.25) is 14.4 Å². The highest BCUT2D eigenvalue weighted by atomic mass is 16.5. The number of nitrogens with one attached hydrogen (secondary N) is 1. The van der Waals surface area contributed by atoms with Gasteiger partial charge < -0.3 is 24.4 Å². The SMILES string of the molecule is CCOc1ccccc1NC(=O)COC(=O)[C@@H]1CC(=O)N(c2ccc(OC)cc2)C1. The largest absolute Gasteiger partial charge is 0.497 e. The van der Waals surface area contributed by atoms with E-state index in [1.54, 1.807) is 55.6 Å². The zero-order chi connectivity index (χ0) is 21.5. The van der Waals surface area contributed by atoms with Gasteiger partial charge in [0.25, 0.3) is 5.91 Å². The van der Waals surface area contributed by atoms with Gasteiger partial charge >= 0.3 is 5.97 Å². The quantitative estimate of drug-likeness (QED) is 0.670. The third kappa shape index (κ3) is 5.08. The predicted molar refractivity (Wildman–Crippen MR) is 111 cm³/mol. The highest BCUT2D eigenvalue weighted by Gasteiger charge is 2.36. The highest BCUT2D eigenvalue weighted by molar-refractivity contribution is 6.00. The van der Waals surface area contributed by atoms with Crippen LogP contribution in [0.15, 0.2) is 48.5 Å². The lowest BCUT2D eigenvalue weighted by Crippen LogP contribution is -2.28. The van der Waals surface area contributed by atoms with Gasteiger partial charge in [-0.2, -0.15) is 0 Å². The third-order valence-corrected chi connectivity index (χ3v) is 4.65. The topological polar surface area (TPSA) is 94.2 Å². The average Bonchev–Trinajstić information content (AvgIpc) is 3.15. The number of benzene rings is 2. The first-order valence-electron chi connectivity index (χ1n) is 9.64. The molecule has 0 radical (unpaired) electrons. The normalized spacial score (nSPS) is 15.6. The lowest BCUT2D eigenvalue weighted by molar-refractivity contribution is -0.151. The molecule has 1 atom stereocenters. The van der Waals surface area contributed by atoms with Crippen molar-refractivity contribution in [1.82, 2.24) is 0 Å². The summed E-state index contributed by atoms with van der Waals surface area (Å²) in [6.07, 6.45) is 0.0413. The zero-order valence-corrected chi connectivity index (χ0v) is 16.9. The molecule has 0 saturated carbocycles. The second-order valence-electron chi connectivity index (χ2n) is 6.69. The molecular formula is C22H24N2O6. The molecule has 0 unspecified atom stereocenters. The summed E-state index contributed by atoms with van der Waals surface area (Å²) in [7, 11) is 1.56. The standard InChI is InChI=1S/C22H24N2O6/c1-3-29-19-7-5-4-6-18(19)23-20(25)14-30-22(27)15-12-21(26)24(13-15)16-8-10-17(28-2)11-9-16/h4-11,15H,3,12-14H2,1-2H3,(H,23,25)/t15-/m1/s1. The molecule has 1 N–H and O–H groups in total. The van der Waals surface area contributed by atoms with Crippen LogP contribution in [0, 0.1) is 5.92 Å². The maximum absolute atomic E-state index is 12.4. The van der Waals surface area contributed by atoms with Crippen LogP contribution >= 0.6 is 0 Å². The molecule has 0 aromatic heterocycles. The van der Waals surface area contributed by atoms with Crippen LogP contribution in [-0.4, -0.2) is 44.7 Å². The van der Waals surface area contributed by atoms with E-state index in [1.807, 2.05) is 6.92 Å². The average molecular weight is 412 g/mol. The molecule has 3 rings (SSSR count). The fourth-order valence-corrected chi connectivity index (χ4v) is 3.17. The molecule has 8 nitrogen and oxygen atoms in total. The lowest BCUT2D eigenvalue weighted by Gasteiger charge is -2.17. The Morgan fingerprint density at radius 1 is 1.13 bits per heavy atom. The lowest BCUT2D eigenvalue weighted by atomic mass is 10.1. The molecule has 1 heterocycles. The molecule has 2 aromatic rings. The maximum Gasteiger partial charge on any atom is 0.311 e. The summed E-state index contributed by atoms with van der Waals surface area (Å²) < 4.78 is 15.7. The van der Waals surface area contributed by atoms with Gasteiger partial charge in [-0.25, -0.2) is 0 Å². The smallest absolute Gasteiger partial charge is 0.311 e. The molecule has 8 heteroatoms. The van der Waals surface area contributed by atoms with E-state index in [9.17, 15) is 14.4 Å². The Kier molecular flexibility index (Phi) is 6.90. The molecule has 1 aliphatic heterocycles. The molecule has 2 amide bonds. The maximum atomic E-state index is 12.4. The first-order valence-corrected chi connectivity index (χ1v) is 9.64. The van der Waals surface area contributed by atoms with Crippen molar-refractivity contribution in [3.8, 4) is 11.5 Å². The molecule has 30 heavy (non-hydrogen) atoms. The van der Waals surface area contributed by atoms with Crippen molar-refractivity contribution < 1.29 is 28.6 Å². The number of hydrogen-bond donors (Lipinski definition) is 1. The predicted octanol–water partition coefficient (Wildman–Crippen LogP) is 2.63. The summed E-state index contributed by atoms with van der Waals surface area (Å²) in [5.74, 6) is -0.630. The Morgan fingerprint density at radius 2 is 1.87 bits per heavy atom. The number of ether oxygens (including phenoxy) is 3. The molecular weight excluding hydrogens is 388 g/mol. The Balaban J connectivity index is 1.52. The number of nitrogens with zero attached hydrogens (tertiary/aromatic N) is 1. The van der Waals surface area contributed by atoms with Gasteiger partial charge in [0.15, 0.2) is 6.61 Å². The van der Waals surface area contributed by atoms with Crippen molar-refractivity contribution in [2.24, 2.45) is 5.92 Å². The fraction of sp³-hybridized carbons (Fsp3) is 0.318. The molecule has 1 aliphatic rings. The number of rotatable bonds is 8. The summed E-state index contributed by atoms with van der Waals surface area (Å²) in [5.41, 5.74) is 1.18. The van der Waals surface area contributed by atoms with Crippen molar-refractivity contribution in [3.05, 3.63) is 48.5 Å². The minimum absolute atomic E-state index is 0.0413. The Morgan fingerprint density at radius 3 is 2.57 bits per heavy atom. The van der Waals surface area contributed by atoms with Crippen LogP contribution < -0.4 is 19.7 Å². The third-order valence-electron chi connectivity index (χ3n) is 4.65. The number of esters is 1. The van der Waals surface area contributed by atoms with E-state index in [4.69, 9.17) is 14.2 Å². The monoisotopic (exact) mass is 412 g/mol. The number of methoxy groups -OCH3 is 1. The van der Waals surface area contributed by atoms with Gasteiger partial charge in [0.1, 0.15) is 11.5 Å². The van der Waals surface area contributed by atoms with Crippen molar-refractivity contribution in [3.63, 3.8) is 0 Å². The molecule has 2 aromatic carbocycles. The van der Waals surface area contributed by atoms with Crippen LogP contribution in [0.3, 0.4) is 0 Å². The highest BCUT2D eigenvalue weighted by Crippen LogP contribution is 2.27. The van der Waals surface area contributed by atoms with E-state index in [0.717, 1.165) is 0 Å². The number of hydrogen-bond acceptors (Lipinski definition) is 6. The van der Waals surface area contributed by atoms with Crippen LogP contribution in [0.5, 0.6) is 11.5 Å². The minimum atomic E-state index is -0.622. The van der Waals surface area contributed by atoms with Crippen molar-refractivity contribution in [2.45, 2.75) is 13.3 Å². The van der Waals surface area contributed by atoms with Gasteiger partial charge in [0.2, 0.25) is 5.91 Å². The molecule has 158 valence electrons. The summed E-state index contributed by atoms with van der Waals surface area (Å²) in [4.78, 5) is 38.4. The van der Waals surface area contributed by atoms with Crippen molar-refractivity contribution >= 4 is 29.2 Å². The minimum Gasteiger partial charge on any atom is -0.497 e. The van der Waals surface area contributed by atoms with Gasteiger partial charge in [0.05, 0.1) is 25.3 Å². The van der Waals surface area contributed by atoms with Crippen molar-refractivity contribution in [1.29, 1.82) is 0 Å². The number of carbonyl (C=O) groups is 3. The molecule has 0 bridgehead atoms. The first kappa shape index (κ1) is 21.2. The Bertz CT molecular complexity index is 912. The second kappa shape index (κ2) is 9.78. The van der Waals surface area contributed by atoms with Crippen molar-refractivity contribution in [2.75, 3.05) is 37.1 Å². The number of para-hydroxylation sites is 2. The number of carbonyl (C=O) groups excluding carboxylic acids is 3. The van der Waals surface area contributed by atoms with Crippen LogP contribution in [0.1, 0.15) is 13.3 Å². The number of anilines is 2. The zero-order valence-electron chi connectivity index (χ0n) is 16.9. The molecule has 0 aliphatic carbocycles. The van der Waals surface area contributed by atoms with Gasteiger partial charge in [-0.15, -0.1) is 0 Å². The molecule has 0 spiro atoms. The summed E-state index contributed by atoms with van der Waals surface area (Å²) in [5, 5.41) is 2.67. The van der Waals surface area contributed by atoms with E-state index < -0.39 is 24.4 Å². The second-order valence-corrected chi connectivity index (χ2v) is 6.69. The molecule has 1 saturated heterocycles. The first-order chi connectivity index (χ1) is 14.5. The van der Waals surface area contributed by atoms with Gasteiger partial charge in [0, 0.05) is 18.7 Å². The van der Waals surface area contributed by atoms with E-state index in [2.05, 4.69) is 5.32 Å². The van der Waals surface area contributed by atoms with E-state index in [0.29, 0.717) is 29.5 Å². The van der Waals surface area contributed by atoms with E-state index in [-0.39, 0.29) is 18.9 Å². The summed E-state index contributed by atoms with van der Waals surface area (Å²) >= 11 is 0. The van der Waals surface area contributed by atoms with Gasteiger partial charge in [-0.05, 0) is 43.3 Å². The summed E-state index contributed by atoms with van der Waals surface area (Å²) in [6.45, 7) is 2.08. The van der Waals surface area contributed by atoms with Gasteiger partial charge in [-0.1, -0.05) is 12.1 Å². The van der Waals surface area contributed by atoms with E-state index in [1.165, 1.54) is 4.90 Å². The Hall–Kier alpha value is -3.55. The number of amides is 2.